The topological polar surface area (TPSA) is 73.2 Å². The molecule has 0 saturated carbocycles. The van der Waals surface area contributed by atoms with Crippen LogP contribution in [-0.2, 0) is 11.3 Å². The third kappa shape index (κ3) is 3.45. The second kappa shape index (κ2) is 6.24. The van der Waals surface area contributed by atoms with Crippen LogP contribution in [0.25, 0.3) is 0 Å². The van der Waals surface area contributed by atoms with Crippen molar-refractivity contribution in [2.45, 2.75) is 19.4 Å². The van der Waals surface area contributed by atoms with E-state index in [0.717, 1.165) is 0 Å². The van der Waals surface area contributed by atoms with E-state index in [0.29, 0.717) is 19.4 Å². The maximum absolute atomic E-state index is 11.8. The van der Waals surface area contributed by atoms with Crippen molar-refractivity contribution in [3.63, 3.8) is 0 Å². The third-order valence-electron chi connectivity index (χ3n) is 2.24. The van der Waals surface area contributed by atoms with E-state index >= 15 is 0 Å². The van der Waals surface area contributed by atoms with Crippen LogP contribution in [0.5, 0.6) is 5.75 Å². The van der Waals surface area contributed by atoms with Crippen LogP contribution in [0.1, 0.15) is 12.8 Å². The predicted octanol–water partition coefficient (Wildman–Crippen LogP) is 0.431. The summed E-state index contributed by atoms with van der Waals surface area (Å²) in [6.45, 7) is 0.396. The first kappa shape index (κ1) is 13.5. The number of nitrogens with one attached hydrogen (secondary N) is 1. The smallest absolute Gasteiger partial charge is 0.297 e. The van der Waals surface area contributed by atoms with Gasteiger partial charge in [-0.1, -0.05) is 11.6 Å². The molecule has 0 aliphatic rings. The maximum atomic E-state index is 11.8. The van der Waals surface area contributed by atoms with E-state index in [4.69, 9.17) is 16.3 Å². The zero-order chi connectivity index (χ0) is 12.8. The molecular formula is C10H14ClN3O3. The summed E-state index contributed by atoms with van der Waals surface area (Å²) in [6.07, 6.45) is 2.25. The van der Waals surface area contributed by atoms with Crippen molar-refractivity contribution in [3.8, 4) is 5.75 Å². The van der Waals surface area contributed by atoms with Gasteiger partial charge in [-0.3, -0.25) is 14.2 Å². The highest BCUT2D eigenvalue weighted by Crippen LogP contribution is 2.14. The van der Waals surface area contributed by atoms with Crippen LogP contribution < -0.4 is 15.6 Å². The monoisotopic (exact) mass is 259 g/mol. The summed E-state index contributed by atoms with van der Waals surface area (Å²) in [5, 5.41) is 2.55. The number of methoxy groups -OCH3 is 1. The van der Waals surface area contributed by atoms with Gasteiger partial charge >= 0.3 is 0 Å². The number of carbonyl (C=O) groups excluding carboxylic acids is 1. The molecule has 7 heteroatoms. The van der Waals surface area contributed by atoms with Gasteiger partial charge in [-0.25, -0.2) is 4.98 Å². The number of hydrogen-bond donors (Lipinski definition) is 1. The molecule has 1 amide bonds. The minimum atomic E-state index is -0.343. The molecule has 0 spiro atoms. The van der Waals surface area contributed by atoms with Gasteiger partial charge in [0.1, 0.15) is 0 Å². The standard InChI is InChI=1S/C10H14ClN3O3/c1-12-7(15)4-3-5-14-6-13-9(11)8(17-2)10(14)16/h6H,3-5H2,1-2H3,(H,12,15). The van der Waals surface area contributed by atoms with Gasteiger partial charge in [-0.15, -0.1) is 0 Å². The summed E-state index contributed by atoms with van der Waals surface area (Å²) in [4.78, 5) is 26.6. The Morgan fingerprint density at radius 1 is 1.65 bits per heavy atom. The van der Waals surface area contributed by atoms with Gasteiger partial charge in [0, 0.05) is 20.0 Å². The summed E-state index contributed by atoms with van der Waals surface area (Å²) >= 11 is 5.69. The molecule has 1 N–H and O–H groups in total. The van der Waals surface area contributed by atoms with Gasteiger partial charge in [0.25, 0.3) is 5.56 Å². The van der Waals surface area contributed by atoms with Crippen molar-refractivity contribution in [1.82, 2.24) is 14.9 Å². The van der Waals surface area contributed by atoms with Crippen LogP contribution in [0, 0.1) is 0 Å². The summed E-state index contributed by atoms with van der Waals surface area (Å²) in [5.74, 6) is -0.0407. The number of aromatic nitrogens is 2. The average molecular weight is 260 g/mol. The molecule has 0 aliphatic carbocycles. The fourth-order valence-corrected chi connectivity index (χ4v) is 1.52. The van der Waals surface area contributed by atoms with Crippen LogP contribution in [0.3, 0.4) is 0 Å². The maximum Gasteiger partial charge on any atom is 0.297 e. The Morgan fingerprint density at radius 3 is 2.94 bits per heavy atom. The molecule has 1 rings (SSSR count). The van der Waals surface area contributed by atoms with Crippen LogP contribution >= 0.6 is 11.6 Å². The highest BCUT2D eigenvalue weighted by Gasteiger charge is 2.10. The Balaban J connectivity index is 2.73. The Labute approximate surface area is 104 Å². The van der Waals surface area contributed by atoms with E-state index in [1.54, 1.807) is 7.05 Å². The van der Waals surface area contributed by atoms with E-state index < -0.39 is 0 Å². The number of ether oxygens (including phenoxy) is 1. The van der Waals surface area contributed by atoms with Crippen molar-refractivity contribution in [1.29, 1.82) is 0 Å². The summed E-state index contributed by atoms with van der Waals surface area (Å²) in [6, 6.07) is 0. The minimum Gasteiger partial charge on any atom is -0.489 e. The van der Waals surface area contributed by atoms with Gasteiger partial charge in [0.2, 0.25) is 11.7 Å². The quantitative estimate of drug-likeness (QED) is 0.779. The first-order valence-electron chi connectivity index (χ1n) is 5.09. The fourth-order valence-electron chi connectivity index (χ4n) is 1.32. The third-order valence-corrected chi connectivity index (χ3v) is 2.51. The van der Waals surface area contributed by atoms with Gasteiger partial charge in [-0.05, 0) is 6.42 Å². The van der Waals surface area contributed by atoms with Crippen molar-refractivity contribution < 1.29 is 9.53 Å². The highest BCUT2D eigenvalue weighted by molar-refractivity contribution is 6.30. The molecule has 6 nitrogen and oxygen atoms in total. The van der Waals surface area contributed by atoms with Crippen LogP contribution in [0.2, 0.25) is 5.15 Å². The number of halogens is 1. The predicted molar refractivity (Wildman–Crippen MR) is 63.4 cm³/mol. The van der Waals surface area contributed by atoms with Crippen molar-refractivity contribution >= 4 is 17.5 Å². The van der Waals surface area contributed by atoms with E-state index in [-0.39, 0.29) is 22.4 Å². The van der Waals surface area contributed by atoms with Crippen LogP contribution in [-0.4, -0.2) is 29.6 Å². The molecular weight excluding hydrogens is 246 g/mol. The lowest BCUT2D eigenvalue weighted by atomic mass is 10.3. The van der Waals surface area contributed by atoms with E-state index in [1.165, 1.54) is 18.0 Å². The first-order chi connectivity index (χ1) is 8.10. The van der Waals surface area contributed by atoms with Gasteiger partial charge < -0.3 is 10.1 Å². The minimum absolute atomic E-state index is 0.0223. The van der Waals surface area contributed by atoms with Crippen LogP contribution in [0.4, 0.5) is 0 Å². The van der Waals surface area contributed by atoms with Gasteiger partial charge in [-0.2, -0.15) is 0 Å². The SMILES string of the molecule is CNC(=O)CCCn1cnc(Cl)c(OC)c1=O. The summed E-state index contributed by atoms with van der Waals surface area (Å²) in [5.41, 5.74) is -0.343. The lowest BCUT2D eigenvalue weighted by Crippen LogP contribution is -2.23. The molecule has 0 radical (unpaired) electrons. The Bertz CT molecular complexity index is 459. The molecule has 0 aromatic carbocycles. The molecule has 17 heavy (non-hydrogen) atoms. The fraction of sp³-hybridized carbons (Fsp3) is 0.500. The largest absolute Gasteiger partial charge is 0.489 e. The molecule has 1 aromatic rings. The Kier molecular flexibility index (Phi) is 4.96. The second-order valence-electron chi connectivity index (χ2n) is 3.34. The highest BCUT2D eigenvalue weighted by atomic mass is 35.5. The molecule has 1 aromatic heterocycles. The van der Waals surface area contributed by atoms with Gasteiger partial charge in [0.05, 0.1) is 13.4 Å². The Hall–Kier alpha value is -1.56. The molecule has 0 bridgehead atoms. The lowest BCUT2D eigenvalue weighted by Gasteiger charge is -2.07. The summed E-state index contributed by atoms with van der Waals surface area (Å²) in [7, 11) is 2.93. The number of nitrogens with zero attached hydrogens (tertiary/aromatic N) is 2. The average Bonchev–Trinajstić information content (AvgIpc) is 2.32. The number of hydrogen-bond acceptors (Lipinski definition) is 4. The number of rotatable bonds is 5. The lowest BCUT2D eigenvalue weighted by molar-refractivity contribution is -0.120. The number of amides is 1. The normalized spacial score (nSPS) is 10.1. The van der Waals surface area contributed by atoms with E-state index in [9.17, 15) is 9.59 Å². The zero-order valence-electron chi connectivity index (χ0n) is 9.70. The summed E-state index contributed by atoms with van der Waals surface area (Å²) < 4.78 is 6.23. The van der Waals surface area contributed by atoms with E-state index in [1.807, 2.05) is 0 Å². The second-order valence-corrected chi connectivity index (χ2v) is 3.70. The zero-order valence-corrected chi connectivity index (χ0v) is 10.5. The van der Waals surface area contributed by atoms with Crippen LogP contribution in [0.15, 0.2) is 11.1 Å². The van der Waals surface area contributed by atoms with Crippen molar-refractivity contribution in [2.24, 2.45) is 0 Å². The molecule has 1 heterocycles. The Morgan fingerprint density at radius 2 is 2.35 bits per heavy atom. The molecule has 0 atom stereocenters. The number of carbonyl (C=O) groups is 1. The first-order valence-corrected chi connectivity index (χ1v) is 5.47. The van der Waals surface area contributed by atoms with Crippen molar-refractivity contribution in [2.75, 3.05) is 14.2 Å². The van der Waals surface area contributed by atoms with Crippen molar-refractivity contribution in [3.05, 3.63) is 21.8 Å². The van der Waals surface area contributed by atoms with E-state index in [2.05, 4.69) is 10.3 Å². The molecule has 94 valence electrons. The molecule has 0 aliphatic heterocycles. The number of aryl methyl sites for hydroxylation is 1. The van der Waals surface area contributed by atoms with Gasteiger partial charge in [0.15, 0.2) is 5.15 Å². The molecule has 0 unspecified atom stereocenters. The molecule has 0 fully saturated rings. The molecule has 0 saturated heterocycles.